The maximum atomic E-state index is 11.6. The van der Waals surface area contributed by atoms with Crippen molar-refractivity contribution >= 4 is 5.97 Å². The third-order valence-corrected chi connectivity index (χ3v) is 3.55. The lowest BCUT2D eigenvalue weighted by Crippen LogP contribution is -2.03. The van der Waals surface area contributed by atoms with Crippen LogP contribution < -0.4 is 0 Å². The minimum atomic E-state index is -0.344. The van der Waals surface area contributed by atoms with Gasteiger partial charge >= 0.3 is 5.97 Å². The van der Waals surface area contributed by atoms with E-state index < -0.39 is 0 Å². The Bertz CT molecular complexity index is 780. The molecule has 0 N–H and O–H groups in total. The van der Waals surface area contributed by atoms with Crippen LogP contribution in [0.25, 0.3) is 0 Å². The number of hydrogen-bond donors (Lipinski definition) is 0. The molecule has 3 aromatic rings. The Balaban J connectivity index is 1.69. The summed E-state index contributed by atoms with van der Waals surface area (Å²) in [5.41, 5.74) is 3.69. The zero-order chi connectivity index (χ0) is 16.1. The summed E-state index contributed by atoms with van der Waals surface area (Å²) >= 11 is 0. The van der Waals surface area contributed by atoms with Gasteiger partial charge in [-0.2, -0.15) is 5.10 Å². The highest BCUT2D eigenvalue weighted by molar-refractivity contribution is 5.89. The van der Waals surface area contributed by atoms with Crippen LogP contribution in [0, 0.1) is 0 Å². The Labute approximate surface area is 134 Å². The first-order valence-corrected chi connectivity index (χ1v) is 7.33. The van der Waals surface area contributed by atoms with Crippen molar-refractivity contribution in [1.82, 2.24) is 14.8 Å². The largest absolute Gasteiger partial charge is 0.465 e. The smallest absolute Gasteiger partial charge is 0.337 e. The number of nitrogens with zero attached hydrogens (tertiary/aromatic N) is 3. The first kappa shape index (κ1) is 15.0. The van der Waals surface area contributed by atoms with Gasteiger partial charge in [-0.1, -0.05) is 24.3 Å². The molecule has 2 heterocycles. The lowest BCUT2D eigenvalue weighted by molar-refractivity contribution is 0.0600. The van der Waals surface area contributed by atoms with Gasteiger partial charge in [0.2, 0.25) is 0 Å². The molecule has 0 aliphatic carbocycles. The SMILES string of the molecule is COC(=O)c1ccnc(Cc2ccc(Cn3cccn3)cc2)c1. The summed E-state index contributed by atoms with van der Waals surface area (Å²) in [4.78, 5) is 15.9. The molecule has 0 unspecified atom stereocenters. The van der Waals surface area contributed by atoms with Gasteiger partial charge in [-0.15, -0.1) is 0 Å². The van der Waals surface area contributed by atoms with Gasteiger partial charge in [-0.3, -0.25) is 9.67 Å². The molecule has 0 radical (unpaired) electrons. The molecular formula is C18H17N3O2. The molecule has 2 aromatic heterocycles. The molecule has 0 aliphatic heterocycles. The summed E-state index contributed by atoms with van der Waals surface area (Å²) in [6.45, 7) is 0.753. The number of carbonyl (C=O) groups excluding carboxylic acids is 1. The van der Waals surface area contributed by atoms with E-state index in [0.717, 1.165) is 17.8 Å². The average molecular weight is 307 g/mol. The molecule has 1 aromatic carbocycles. The summed E-state index contributed by atoms with van der Waals surface area (Å²) in [6, 6.07) is 13.7. The van der Waals surface area contributed by atoms with Crippen molar-refractivity contribution in [3.05, 3.63) is 83.4 Å². The quantitative estimate of drug-likeness (QED) is 0.680. The normalized spacial score (nSPS) is 10.5. The molecule has 0 amide bonds. The van der Waals surface area contributed by atoms with E-state index in [1.54, 1.807) is 24.5 Å². The van der Waals surface area contributed by atoms with E-state index in [0.29, 0.717) is 12.0 Å². The zero-order valence-electron chi connectivity index (χ0n) is 12.8. The van der Waals surface area contributed by atoms with Gasteiger partial charge < -0.3 is 4.74 Å². The summed E-state index contributed by atoms with van der Waals surface area (Å²) in [6.07, 6.45) is 6.02. The van der Waals surface area contributed by atoms with Crippen molar-refractivity contribution < 1.29 is 9.53 Å². The average Bonchev–Trinajstić information content (AvgIpc) is 3.09. The Hall–Kier alpha value is -2.95. The van der Waals surface area contributed by atoms with Crippen LogP contribution in [0.2, 0.25) is 0 Å². The van der Waals surface area contributed by atoms with Crippen molar-refractivity contribution in [2.24, 2.45) is 0 Å². The number of hydrogen-bond acceptors (Lipinski definition) is 4. The molecule has 3 rings (SSSR count). The van der Waals surface area contributed by atoms with Crippen molar-refractivity contribution in [1.29, 1.82) is 0 Å². The Morgan fingerprint density at radius 2 is 1.91 bits per heavy atom. The molecule has 0 saturated carbocycles. The maximum absolute atomic E-state index is 11.6. The van der Waals surface area contributed by atoms with E-state index in [2.05, 4.69) is 34.3 Å². The number of ether oxygens (including phenoxy) is 1. The summed E-state index contributed by atoms with van der Waals surface area (Å²) in [5, 5.41) is 4.20. The van der Waals surface area contributed by atoms with Crippen molar-refractivity contribution in [3.8, 4) is 0 Å². The molecule has 23 heavy (non-hydrogen) atoms. The standard InChI is InChI=1S/C18H17N3O2/c1-23-18(22)16-7-9-19-17(12-16)11-14-3-5-15(6-4-14)13-21-10-2-8-20-21/h2-10,12H,11,13H2,1H3. The van der Waals surface area contributed by atoms with Crippen LogP contribution in [0.1, 0.15) is 27.2 Å². The first-order chi connectivity index (χ1) is 11.2. The lowest BCUT2D eigenvalue weighted by Gasteiger charge is -2.06. The minimum absolute atomic E-state index is 0.344. The second kappa shape index (κ2) is 6.87. The third kappa shape index (κ3) is 3.83. The second-order valence-corrected chi connectivity index (χ2v) is 5.22. The van der Waals surface area contributed by atoms with Crippen LogP contribution in [0.5, 0.6) is 0 Å². The topological polar surface area (TPSA) is 57.0 Å². The van der Waals surface area contributed by atoms with Crippen molar-refractivity contribution in [3.63, 3.8) is 0 Å². The molecule has 0 saturated heterocycles. The first-order valence-electron chi connectivity index (χ1n) is 7.33. The molecule has 0 fully saturated rings. The van der Waals surface area contributed by atoms with Gasteiger partial charge in [-0.25, -0.2) is 4.79 Å². The number of esters is 1. The molecule has 0 spiro atoms. The van der Waals surface area contributed by atoms with Gasteiger partial charge in [0.1, 0.15) is 0 Å². The van der Waals surface area contributed by atoms with Gasteiger partial charge in [-0.05, 0) is 29.3 Å². The summed E-state index contributed by atoms with van der Waals surface area (Å²) in [5.74, 6) is -0.344. The number of aromatic nitrogens is 3. The highest BCUT2D eigenvalue weighted by atomic mass is 16.5. The molecule has 5 heteroatoms. The molecule has 5 nitrogen and oxygen atoms in total. The molecule has 116 valence electrons. The van der Waals surface area contributed by atoms with E-state index in [1.807, 2.05) is 16.9 Å². The number of rotatable bonds is 5. The van der Waals surface area contributed by atoms with E-state index >= 15 is 0 Å². The van der Waals surface area contributed by atoms with Crippen LogP contribution in [0.3, 0.4) is 0 Å². The van der Waals surface area contributed by atoms with E-state index in [4.69, 9.17) is 4.74 Å². The number of methoxy groups -OCH3 is 1. The second-order valence-electron chi connectivity index (χ2n) is 5.22. The van der Waals surface area contributed by atoms with E-state index in [9.17, 15) is 4.79 Å². The Morgan fingerprint density at radius 3 is 2.61 bits per heavy atom. The monoisotopic (exact) mass is 307 g/mol. The number of pyridine rings is 1. The predicted molar refractivity (Wildman–Crippen MR) is 86.2 cm³/mol. The van der Waals surface area contributed by atoms with Crippen molar-refractivity contribution in [2.45, 2.75) is 13.0 Å². The zero-order valence-corrected chi connectivity index (χ0v) is 12.8. The minimum Gasteiger partial charge on any atom is -0.465 e. The lowest BCUT2D eigenvalue weighted by atomic mass is 10.1. The maximum Gasteiger partial charge on any atom is 0.337 e. The van der Waals surface area contributed by atoms with Gasteiger partial charge in [0.25, 0.3) is 0 Å². The Morgan fingerprint density at radius 1 is 1.13 bits per heavy atom. The molecular weight excluding hydrogens is 290 g/mol. The highest BCUT2D eigenvalue weighted by Gasteiger charge is 2.07. The van der Waals surface area contributed by atoms with Crippen molar-refractivity contribution in [2.75, 3.05) is 7.11 Å². The summed E-state index contributed by atoms with van der Waals surface area (Å²) < 4.78 is 6.62. The van der Waals surface area contributed by atoms with Gasteiger partial charge in [0, 0.05) is 30.7 Å². The van der Waals surface area contributed by atoms with Crippen LogP contribution in [0.15, 0.2) is 61.1 Å². The predicted octanol–water partition coefficient (Wildman–Crippen LogP) is 2.70. The van der Waals surface area contributed by atoms with E-state index in [-0.39, 0.29) is 5.97 Å². The fraction of sp³-hybridized carbons (Fsp3) is 0.167. The Kier molecular flexibility index (Phi) is 4.47. The van der Waals surface area contributed by atoms with Crippen LogP contribution in [0.4, 0.5) is 0 Å². The van der Waals surface area contributed by atoms with E-state index in [1.165, 1.54) is 12.7 Å². The fourth-order valence-corrected chi connectivity index (χ4v) is 2.37. The van der Waals surface area contributed by atoms with Crippen LogP contribution in [-0.2, 0) is 17.7 Å². The molecule has 0 atom stereocenters. The third-order valence-electron chi connectivity index (χ3n) is 3.55. The van der Waals surface area contributed by atoms with Crippen LogP contribution in [-0.4, -0.2) is 27.8 Å². The van der Waals surface area contributed by atoms with Gasteiger partial charge in [0.05, 0.1) is 19.2 Å². The summed E-state index contributed by atoms with van der Waals surface area (Å²) in [7, 11) is 1.38. The molecule has 0 bridgehead atoms. The number of carbonyl (C=O) groups is 1. The van der Waals surface area contributed by atoms with Crippen LogP contribution >= 0.6 is 0 Å². The number of benzene rings is 1. The molecule has 0 aliphatic rings. The fourth-order valence-electron chi connectivity index (χ4n) is 2.37. The van der Waals surface area contributed by atoms with Gasteiger partial charge in [0.15, 0.2) is 0 Å². The highest BCUT2D eigenvalue weighted by Crippen LogP contribution is 2.12.